The number of anilines is 1. The molecule has 0 aliphatic rings. The molecule has 0 heterocycles. The van der Waals surface area contributed by atoms with Crippen LogP contribution in [0.2, 0.25) is 0 Å². The van der Waals surface area contributed by atoms with Crippen molar-refractivity contribution in [1.29, 1.82) is 0 Å². The topological polar surface area (TPSA) is 41.5 Å². The van der Waals surface area contributed by atoms with Crippen LogP contribution in [0.25, 0.3) is 0 Å². The third-order valence-electron chi connectivity index (χ3n) is 1.56. The Balaban J connectivity index is 2.58. The Morgan fingerprint density at radius 3 is 2.42 bits per heavy atom. The Labute approximate surface area is 72.0 Å². The maximum absolute atomic E-state index is 9.05. The van der Waals surface area contributed by atoms with Crippen LogP contribution >= 0.6 is 0 Å². The van der Waals surface area contributed by atoms with Crippen LogP contribution < -0.4 is 5.32 Å². The highest BCUT2D eigenvalue weighted by atomic mass is 16.6. The maximum Gasteiger partial charge on any atom is 0.235 e. The van der Waals surface area contributed by atoms with Gasteiger partial charge in [0.1, 0.15) is 0 Å². The van der Waals surface area contributed by atoms with Gasteiger partial charge in [0.25, 0.3) is 0 Å². The first-order chi connectivity index (χ1) is 5.72. The Morgan fingerprint density at radius 1 is 1.33 bits per heavy atom. The number of nitrogens with one attached hydrogen (secondary N) is 1. The molecule has 66 valence electrons. The van der Waals surface area contributed by atoms with E-state index in [2.05, 4.69) is 10.1 Å². The second kappa shape index (κ2) is 4.09. The van der Waals surface area contributed by atoms with Gasteiger partial charge in [-0.05, 0) is 19.1 Å². The molecule has 0 saturated carbocycles. The van der Waals surface area contributed by atoms with Crippen LogP contribution in [0.5, 0.6) is 0 Å². The van der Waals surface area contributed by atoms with E-state index in [1.54, 1.807) is 0 Å². The van der Waals surface area contributed by atoms with Gasteiger partial charge < -0.3 is 15.2 Å². The summed E-state index contributed by atoms with van der Waals surface area (Å²) in [5.74, 6) is 0. The molecule has 1 rings (SSSR count). The van der Waals surface area contributed by atoms with Crippen LogP contribution in [0.4, 0.5) is 5.69 Å². The number of methoxy groups -OCH3 is 1. The fraction of sp³-hybridized carbons (Fsp3) is 0.333. The molecule has 0 amide bonds. The van der Waals surface area contributed by atoms with Gasteiger partial charge in [0.05, 0.1) is 0 Å². The quantitative estimate of drug-likeness (QED) is 0.667. The molecule has 2 N–H and O–H groups in total. The average Bonchev–Trinajstić information content (AvgIpc) is 2.09. The monoisotopic (exact) mass is 167 g/mol. The zero-order chi connectivity index (χ0) is 8.97. The molecule has 1 atom stereocenters. The van der Waals surface area contributed by atoms with E-state index in [1.165, 1.54) is 12.7 Å². The van der Waals surface area contributed by atoms with E-state index < -0.39 is 6.41 Å². The first kappa shape index (κ1) is 9.03. The van der Waals surface area contributed by atoms with Crippen molar-refractivity contribution in [3.63, 3.8) is 0 Å². The highest BCUT2D eigenvalue weighted by molar-refractivity contribution is 5.44. The molecule has 0 aliphatic carbocycles. The largest absolute Gasteiger partial charge is 0.351 e. The fourth-order valence-corrected chi connectivity index (χ4v) is 0.851. The second-order valence-corrected chi connectivity index (χ2v) is 2.60. The molecule has 3 heteroatoms. The summed E-state index contributed by atoms with van der Waals surface area (Å²) in [7, 11) is 1.44. The van der Waals surface area contributed by atoms with Crippen molar-refractivity contribution in [3.05, 3.63) is 29.8 Å². The molecule has 0 spiro atoms. The first-order valence-electron chi connectivity index (χ1n) is 3.76. The number of benzene rings is 1. The number of aliphatic hydroxyl groups is 1. The molecule has 1 aromatic rings. The van der Waals surface area contributed by atoms with Gasteiger partial charge in [-0.25, -0.2) is 0 Å². The predicted molar refractivity (Wildman–Crippen MR) is 47.8 cm³/mol. The van der Waals surface area contributed by atoms with Gasteiger partial charge in [-0.3, -0.25) is 0 Å². The minimum Gasteiger partial charge on any atom is -0.351 e. The molecule has 0 saturated heterocycles. The smallest absolute Gasteiger partial charge is 0.235 e. The number of aryl methyl sites for hydroxylation is 1. The SMILES string of the molecule is COC(O)Nc1ccc(C)cc1. The summed E-state index contributed by atoms with van der Waals surface area (Å²) in [6.07, 6.45) is -0.937. The van der Waals surface area contributed by atoms with Crippen LogP contribution in [-0.4, -0.2) is 18.6 Å². The van der Waals surface area contributed by atoms with Gasteiger partial charge >= 0.3 is 0 Å². The lowest BCUT2D eigenvalue weighted by Crippen LogP contribution is -2.20. The lowest BCUT2D eigenvalue weighted by atomic mass is 10.2. The van der Waals surface area contributed by atoms with Gasteiger partial charge in [0.15, 0.2) is 0 Å². The molecule has 0 fully saturated rings. The normalized spacial score (nSPS) is 12.6. The van der Waals surface area contributed by atoms with Crippen molar-refractivity contribution in [2.24, 2.45) is 0 Å². The molecular formula is C9H13NO2. The zero-order valence-corrected chi connectivity index (χ0v) is 7.24. The van der Waals surface area contributed by atoms with E-state index in [1.807, 2.05) is 31.2 Å². The molecule has 1 unspecified atom stereocenters. The highest BCUT2D eigenvalue weighted by Crippen LogP contribution is 2.09. The van der Waals surface area contributed by atoms with Crippen molar-refractivity contribution in [2.75, 3.05) is 12.4 Å². The van der Waals surface area contributed by atoms with Gasteiger partial charge in [-0.2, -0.15) is 0 Å². The Kier molecular flexibility index (Phi) is 3.08. The number of ether oxygens (including phenoxy) is 1. The van der Waals surface area contributed by atoms with Crippen molar-refractivity contribution in [1.82, 2.24) is 0 Å². The van der Waals surface area contributed by atoms with Crippen LogP contribution in [-0.2, 0) is 4.74 Å². The van der Waals surface area contributed by atoms with Crippen molar-refractivity contribution < 1.29 is 9.84 Å². The van der Waals surface area contributed by atoms with E-state index in [4.69, 9.17) is 5.11 Å². The van der Waals surface area contributed by atoms with Gasteiger partial charge in [0.2, 0.25) is 6.41 Å². The van der Waals surface area contributed by atoms with E-state index in [9.17, 15) is 0 Å². The highest BCUT2D eigenvalue weighted by Gasteiger charge is 1.98. The number of aliphatic hydroxyl groups excluding tert-OH is 1. The maximum atomic E-state index is 9.05. The third-order valence-corrected chi connectivity index (χ3v) is 1.56. The lowest BCUT2D eigenvalue weighted by molar-refractivity contribution is -0.0509. The Hall–Kier alpha value is -1.06. The molecule has 0 aliphatic heterocycles. The Bertz CT molecular complexity index is 233. The summed E-state index contributed by atoms with van der Waals surface area (Å²) >= 11 is 0. The first-order valence-corrected chi connectivity index (χ1v) is 3.76. The minimum absolute atomic E-state index is 0.843. The van der Waals surface area contributed by atoms with Gasteiger partial charge in [-0.1, -0.05) is 17.7 Å². The van der Waals surface area contributed by atoms with E-state index in [0.717, 1.165) is 5.69 Å². The predicted octanol–water partition coefficient (Wildman–Crippen LogP) is 1.33. The van der Waals surface area contributed by atoms with Crippen molar-refractivity contribution >= 4 is 5.69 Å². The molecule has 0 aromatic heterocycles. The van der Waals surface area contributed by atoms with Gasteiger partial charge in [-0.15, -0.1) is 0 Å². The van der Waals surface area contributed by atoms with Crippen molar-refractivity contribution in [3.8, 4) is 0 Å². The van der Waals surface area contributed by atoms with Crippen LogP contribution in [0.1, 0.15) is 5.56 Å². The molecule has 0 radical (unpaired) electrons. The van der Waals surface area contributed by atoms with E-state index in [-0.39, 0.29) is 0 Å². The second-order valence-electron chi connectivity index (χ2n) is 2.60. The average molecular weight is 167 g/mol. The fourth-order valence-electron chi connectivity index (χ4n) is 0.851. The Morgan fingerprint density at radius 2 is 1.92 bits per heavy atom. The summed E-state index contributed by atoms with van der Waals surface area (Å²) in [4.78, 5) is 0. The molecule has 12 heavy (non-hydrogen) atoms. The van der Waals surface area contributed by atoms with Crippen molar-refractivity contribution in [2.45, 2.75) is 13.3 Å². The third kappa shape index (κ3) is 2.53. The summed E-state index contributed by atoms with van der Waals surface area (Å²) in [5.41, 5.74) is 2.03. The molecule has 3 nitrogen and oxygen atoms in total. The zero-order valence-electron chi connectivity index (χ0n) is 7.24. The summed E-state index contributed by atoms with van der Waals surface area (Å²) < 4.78 is 4.63. The molecule has 1 aromatic carbocycles. The van der Waals surface area contributed by atoms with Crippen LogP contribution in [0, 0.1) is 6.92 Å². The standard InChI is InChI=1S/C9H13NO2/c1-7-3-5-8(6-4-7)10-9(11)12-2/h3-6,9-11H,1-2H3. The summed E-state index contributed by atoms with van der Waals surface area (Å²) in [5, 5.41) is 11.8. The molecule has 0 bridgehead atoms. The molecular weight excluding hydrogens is 154 g/mol. The van der Waals surface area contributed by atoms with Gasteiger partial charge in [0, 0.05) is 12.8 Å². The lowest BCUT2D eigenvalue weighted by Gasteiger charge is -2.11. The minimum atomic E-state index is -0.937. The van der Waals surface area contributed by atoms with Crippen LogP contribution in [0.15, 0.2) is 24.3 Å². The summed E-state index contributed by atoms with van der Waals surface area (Å²) in [6.45, 7) is 2.01. The number of hydrogen-bond acceptors (Lipinski definition) is 3. The van der Waals surface area contributed by atoms with Crippen LogP contribution in [0.3, 0.4) is 0 Å². The number of hydrogen-bond donors (Lipinski definition) is 2. The number of rotatable bonds is 3. The van der Waals surface area contributed by atoms with E-state index >= 15 is 0 Å². The van der Waals surface area contributed by atoms with E-state index in [0.29, 0.717) is 0 Å². The summed E-state index contributed by atoms with van der Waals surface area (Å²) in [6, 6.07) is 7.70.